The van der Waals surface area contributed by atoms with Crippen molar-refractivity contribution in [2.75, 3.05) is 7.11 Å². The molecule has 4 heteroatoms. The Hall–Kier alpha value is -1.68. The molecule has 0 saturated carbocycles. The van der Waals surface area contributed by atoms with E-state index in [0.717, 1.165) is 56.1 Å². The second-order valence-corrected chi connectivity index (χ2v) is 6.49. The zero-order valence-electron chi connectivity index (χ0n) is 15.6. The van der Waals surface area contributed by atoms with E-state index in [4.69, 9.17) is 0 Å². The number of unbranched alkanes of at least 4 members (excludes halogenated alkanes) is 3. The molecule has 1 unspecified atom stereocenters. The van der Waals surface area contributed by atoms with Crippen molar-refractivity contribution >= 4 is 11.8 Å². The topological polar surface area (TPSA) is 63.6 Å². The van der Waals surface area contributed by atoms with Gasteiger partial charge in [-0.2, -0.15) is 0 Å². The van der Waals surface area contributed by atoms with Crippen LogP contribution in [0.4, 0.5) is 0 Å². The number of carbonyl (C=O) groups is 2. The van der Waals surface area contributed by atoms with Crippen molar-refractivity contribution in [3.8, 4) is 0 Å². The molecule has 0 saturated heterocycles. The van der Waals surface area contributed by atoms with E-state index in [1.807, 2.05) is 24.3 Å². The van der Waals surface area contributed by atoms with Gasteiger partial charge < -0.3 is 9.84 Å². The van der Waals surface area contributed by atoms with E-state index < -0.39 is 6.10 Å². The molecule has 0 aromatic carbocycles. The fourth-order valence-corrected chi connectivity index (χ4v) is 2.87. The molecular weight excluding hydrogens is 316 g/mol. The summed E-state index contributed by atoms with van der Waals surface area (Å²) in [5, 5.41) is 9.98. The smallest absolute Gasteiger partial charge is 0.305 e. The zero-order chi connectivity index (χ0) is 18.5. The van der Waals surface area contributed by atoms with Crippen LogP contribution in [0.5, 0.6) is 0 Å². The molecule has 0 aromatic rings. The van der Waals surface area contributed by atoms with Gasteiger partial charge in [0.1, 0.15) is 0 Å². The maximum atomic E-state index is 12.0. The molecule has 1 rings (SSSR count). The van der Waals surface area contributed by atoms with E-state index in [9.17, 15) is 14.7 Å². The number of Topliss-reactive ketones (excluding diaryl/α,β-unsaturated/α-hetero) is 1. The first-order chi connectivity index (χ1) is 12.1. The third-order valence-corrected chi connectivity index (χ3v) is 4.44. The second kappa shape index (κ2) is 12.6. The van der Waals surface area contributed by atoms with Gasteiger partial charge in [0.05, 0.1) is 13.2 Å². The lowest BCUT2D eigenvalue weighted by Crippen LogP contribution is -2.01. The Kier molecular flexibility index (Phi) is 10.8. The number of hydrogen-bond donors (Lipinski definition) is 1. The van der Waals surface area contributed by atoms with Crippen LogP contribution in [-0.2, 0) is 14.3 Å². The maximum Gasteiger partial charge on any atom is 0.305 e. The molecule has 140 valence electrons. The Morgan fingerprint density at radius 2 is 2.04 bits per heavy atom. The van der Waals surface area contributed by atoms with Crippen LogP contribution in [0.15, 0.2) is 35.5 Å². The summed E-state index contributed by atoms with van der Waals surface area (Å²) in [6, 6.07) is 0. The molecule has 1 atom stereocenters. The lowest BCUT2D eigenvalue weighted by atomic mass is 10.0. The standard InChI is InChI=1S/C21H32O4/c1-3-4-7-10-18(22)15-13-17-14-16-20(23)19(17)11-8-5-6-9-12-21(24)25-2/h5,8,13,15,18,22H,3-4,6-7,9-12,14,16H2,1-2H3/b8-5+,15-13+. The fourth-order valence-electron chi connectivity index (χ4n) is 2.87. The molecule has 0 fully saturated rings. The largest absolute Gasteiger partial charge is 0.469 e. The summed E-state index contributed by atoms with van der Waals surface area (Å²) in [7, 11) is 1.39. The Bertz CT molecular complexity index is 514. The predicted molar refractivity (Wildman–Crippen MR) is 100 cm³/mol. The minimum Gasteiger partial charge on any atom is -0.469 e. The van der Waals surface area contributed by atoms with E-state index >= 15 is 0 Å². The van der Waals surface area contributed by atoms with Crippen LogP contribution in [0.1, 0.15) is 71.1 Å². The molecule has 25 heavy (non-hydrogen) atoms. The summed E-state index contributed by atoms with van der Waals surface area (Å²) >= 11 is 0. The van der Waals surface area contributed by atoms with Gasteiger partial charge >= 0.3 is 5.97 Å². The van der Waals surface area contributed by atoms with Gasteiger partial charge in [0.2, 0.25) is 0 Å². The van der Waals surface area contributed by atoms with Gasteiger partial charge in [-0.25, -0.2) is 0 Å². The van der Waals surface area contributed by atoms with Crippen LogP contribution in [-0.4, -0.2) is 30.1 Å². The highest BCUT2D eigenvalue weighted by Crippen LogP contribution is 2.27. The molecule has 0 bridgehead atoms. The molecule has 0 spiro atoms. The summed E-state index contributed by atoms with van der Waals surface area (Å²) in [5.74, 6) is 0.0198. The minimum atomic E-state index is -0.426. The van der Waals surface area contributed by atoms with E-state index in [2.05, 4.69) is 11.7 Å². The van der Waals surface area contributed by atoms with Crippen LogP contribution in [0.3, 0.4) is 0 Å². The number of aliphatic hydroxyl groups is 1. The molecule has 0 aliphatic heterocycles. The monoisotopic (exact) mass is 348 g/mol. The van der Waals surface area contributed by atoms with Gasteiger partial charge in [-0.1, -0.05) is 50.5 Å². The van der Waals surface area contributed by atoms with E-state index in [1.54, 1.807) is 0 Å². The summed E-state index contributed by atoms with van der Waals surface area (Å²) < 4.78 is 4.60. The Balaban J connectivity index is 2.46. The van der Waals surface area contributed by atoms with Crippen LogP contribution in [0.2, 0.25) is 0 Å². The van der Waals surface area contributed by atoms with Gasteiger partial charge in [0.25, 0.3) is 0 Å². The Morgan fingerprint density at radius 3 is 2.76 bits per heavy atom. The lowest BCUT2D eigenvalue weighted by Gasteiger charge is -2.05. The predicted octanol–water partition coefficient (Wildman–Crippen LogP) is 4.43. The molecule has 0 amide bonds. The molecular formula is C21H32O4. The van der Waals surface area contributed by atoms with Crippen molar-refractivity contribution in [1.29, 1.82) is 0 Å². The third-order valence-electron chi connectivity index (χ3n) is 4.44. The first-order valence-electron chi connectivity index (χ1n) is 9.41. The van der Waals surface area contributed by atoms with Gasteiger partial charge in [-0.05, 0) is 37.7 Å². The average molecular weight is 348 g/mol. The summed E-state index contributed by atoms with van der Waals surface area (Å²) in [5.41, 5.74) is 1.92. The van der Waals surface area contributed by atoms with Crippen molar-refractivity contribution in [3.05, 3.63) is 35.5 Å². The highest BCUT2D eigenvalue weighted by atomic mass is 16.5. The molecule has 4 nitrogen and oxygen atoms in total. The normalized spacial score (nSPS) is 16.4. The van der Waals surface area contributed by atoms with Crippen LogP contribution < -0.4 is 0 Å². The summed E-state index contributed by atoms with van der Waals surface area (Å²) in [6.07, 6.45) is 15.4. The molecule has 1 aliphatic carbocycles. The van der Waals surface area contributed by atoms with Gasteiger partial charge in [0.15, 0.2) is 5.78 Å². The van der Waals surface area contributed by atoms with Crippen LogP contribution in [0.25, 0.3) is 0 Å². The van der Waals surface area contributed by atoms with Crippen LogP contribution >= 0.6 is 0 Å². The Labute approximate surface area is 151 Å². The molecule has 1 aliphatic rings. The summed E-state index contributed by atoms with van der Waals surface area (Å²) in [4.78, 5) is 23.1. The van der Waals surface area contributed by atoms with Crippen molar-refractivity contribution in [2.24, 2.45) is 0 Å². The van der Waals surface area contributed by atoms with E-state index in [-0.39, 0.29) is 11.8 Å². The van der Waals surface area contributed by atoms with Crippen molar-refractivity contribution < 1.29 is 19.4 Å². The first-order valence-corrected chi connectivity index (χ1v) is 9.41. The maximum absolute atomic E-state index is 12.0. The number of ketones is 1. The van der Waals surface area contributed by atoms with E-state index in [0.29, 0.717) is 19.3 Å². The van der Waals surface area contributed by atoms with Crippen molar-refractivity contribution in [3.63, 3.8) is 0 Å². The van der Waals surface area contributed by atoms with Gasteiger partial charge in [-0.3, -0.25) is 9.59 Å². The molecule has 1 N–H and O–H groups in total. The van der Waals surface area contributed by atoms with E-state index in [1.165, 1.54) is 7.11 Å². The van der Waals surface area contributed by atoms with Gasteiger partial charge in [-0.15, -0.1) is 0 Å². The number of esters is 1. The SMILES string of the molecule is CCCCCC(O)/C=C/C1=C(C/C=C/CCCC(=O)OC)C(=O)CC1. The third kappa shape index (κ3) is 8.82. The van der Waals surface area contributed by atoms with Crippen molar-refractivity contribution in [1.82, 2.24) is 0 Å². The van der Waals surface area contributed by atoms with Gasteiger partial charge in [0, 0.05) is 18.4 Å². The highest BCUT2D eigenvalue weighted by Gasteiger charge is 2.20. The second-order valence-electron chi connectivity index (χ2n) is 6.49. The summed E-state index contributed by atoms with van der Waals surface area (Å²) in [6.45, 7) is 2.15. The molecule has 0 heterocycles. The molecule has 0 radical (unpaired) electrons. The quantitative estimate of drug-likeness (QED) is 0.322. The highest BCUT2D eigenvalue weighted by molar-refractivity contribution is 5.99. The minimum absolute atomic E-state index is 0.188. The number of aliphatic hydroxyl groups excluding tert-OH is 1. The number of methoxy groups -OCH3 is 1. The molecule has 0 aromatic heterocycles. The fraction of sp³-hybridized carbons (Fsp3) is 0.619. The van der Waals surface area contributed by atoms with Crippen molar-refractivity contribution in [2.45, 2.75) is 77.2 Å². The first kappa shape index (κ1) is 21.4. The Morgan fingerprint density at radius 1 is 1.24 bits per heavy atom. The number of ether oxygens (including phenoxy) is 1. The number of hydrogen-bond acceptors (Lipinski definition) is 4. The van der Waals surface area contributed by atoms with Crippen LogP contribution in [0, 0.1) is 0 Å². The number of carbonyl (C=O) groups excluding carboxylic acids is 2. The number of rotatable bonds is 12. The number of allylic oxidation sites excluding steroid dienone is 5. The zero-order valence-corrected chi connectivity index (χ0v) is 15.6. The lowest BCUT2D eigenvalue weighted by molar-refractivity contribution is -0.140. The average Bonchev–Trinajstić information content (AvgIpc) is 2.96.